The van der Waals surface area contributed by atoms with E-state index in [0.717, 1.165) is 19.7 Å². The molecule has 0 aromatic carbocycles. The van der Waals surface area contributed by atoms with Crippen molar-refractivity contribution < 1.29 is 4.74 Å². The first-order valence-corrected chi connectivity index (χ1v) is 7.30. The predicted molar refractivity (Wildman–Crippen MR) is 77.4 cm³/mol. The van der Waals surface area contributed by atoms with Gasteiger partial charge in [-0.25, -0.2) is 4.98 Å². The van der Waals surface area contributed by atoms with Gasteiger partial charge < -0.3 is 14.6 Å². The Balaban J connectivity index is 2.29. The van der Waals surface area contributed by atoms with E-state index in [4.69, 9.17) is 4.74 Å². The van der Waals surface area contributed by atoms with Crippen molar-refractivity contribution in [1.82, 2.24) is 14.9 Å². The van der Waals surface area contributed by atoms with Crippen molar-refractivity contribution in [3.05, 3.63) is 18.2 Å². The molecule has 0 radical (unpaired) electrons. The van der Waals surface area contributed by atoms with E-state index in [9.17, 15) is 0 Å². The minimum Gasteiger partial charge on any atom is -0.383 e. The van der Waals surface area contributed by atoms with Gasteiger partial charge in [0.2, 0.25) is 0 Å². The van der Waals surface area contributed by atoms with Gasteiger partial charge >= 0.3 is 0 Å². The average molecular weight is 265 g/mol. The van der Waals surface area contributed by atoms with E-state index >= 15 is 0 Å². The van der Waals surface area contributed by atoms with Gasteiger partial charge in [-0.2, -0.15) is 0 Å². The molecule has 1 aliphatic rings. The number of nitrogens with zero attached hydrogens (tertiary/aromatic N) is 2. The van der Waals surface area contributed by atoms with Crippen molar-refractivity contribution >= 4 is 0 Å². The highest BCUT2D eigenvalue weighted by Gasteiger charge is 2.33. The van der Waals surface area contributed by atoms with Gasteiger partial charge in [0.25, 0.3) is 0 Å². The van der Waals surface area contributed by atoms with E-state index in [2.05, 4.69) is 41.8 Å². The summed E-state index contributed by atoms with van der Waals surface area (Å²) in [6, 6.07) is 0.370. The van der Waals surface area contributed by atoms with Gasteiger partial charge in [-0.1, -0.05) is 20.8 Å². The fourth-order valence-electron chi connectivity index (χ4n) is 3.04. The van der Waals surface area contributed by atoms with Gasteiger partial charge in [0.05, 0.1) is 19.0 Å². The van der Waals surface area contributed by atoms with Crippen LogP contribution < -0.4 is 5.32 Å². The van der Waals surface area contributed by atoms with E-state index in [1.807, 2.05) is 6.33 Å². The van der Waals surface area contributed by atoms with Gasteiger partial charge in [-0.3, -0.25) is 0 Å². The molecule has 0 amide bonds. The van der Waals surface area contributed by atoms with Crippen LogP contribution in [0.1, 0.15) is 45.3 Å². The maximum Gasteiger partial charge on any atom is 0.0951 e. The first-order valence-electron chi connectivity index (χ1n) is 7.30. The van der Waals surface area contributed by atoms with Crippen LogP contribution in [0.15, 0.2) is 12.5 Å². The maximum absolute atomic E-state index is 5.40. The average Bonchev–Trinajstić information content (AvgIpc) is 2.86. The molecule has 1 atom stereocenters. The third-order valence-corrected chi connectivity index (χ3v) is 4.46. The first kappa shape index (κ1) is 14.5. The quantitative estimate of drug-likeness (QED) is 0.888. The Morgan fingerprint density at radius 2 is 2.11 bits per heavy atom. The van der Waals surface area contributed by atoms with Crippen LogP contribution in [0.4, 0.5) is 0 Å². The van der Waals surface area contributed by atoms with Crippen LogP contribution in [-0.2, 0) is 10.2 Å². The summed E-state index contributed by atoms with van der Waals surface area (Å²) in [6.45, 7) is 9.80. The van der Waals surface area contributed by atoms with Crippen LogP contribution in [0, 0.1) is 5.92 Å². The molecule has 1 N–H and O–H groups in total. The largest absolute Gasteiger partial charge is 0.383 e. The molecule has 0 saturated carbocycles. The molecular formula is C15H27N3O. The van der Waals surface area contributed by atoms with Crippen LogP contribution in [0.2, 0.25) is 0 Å². The van der Waals surface area contributed by atoms with E-state index in [-0.39, 0.29) is 5.41 Å². The van der Waals surface area contributed by atoms with Crippen molar-refractivity contribution in [3.63, 3.8) is 0 Å². The van der Waals surface area contributed by atoms with Crippen molar-refractivity contribution in [3.8, 4) is 0 Å². The highest BCUT2D eigenvalue weighted by Crippen LogP contribution is 2.35. The van der Waals surface area contributed by atoms with Crippen LogP contribution in [0.25, 0.3) is 0 Å². The third-order valence-electron chi connectivity index (χ3n) is 4.46. The summed E-state index contributed by atoms with van der Waals surface area (Å²) < 4.78 is 7.75. The molecule has 2 heterocycles. The standard InChI is InChI=1S/C15H27N3O/c1-12(2)13(10-19-4)18-11-17-9-14(18)15(3)5-7-16-8-6-15/h9,11-13,16H,5-8,10H2,1-4H3. The Kier molecular flexibility index (Phi) is 4.63. The maximum atomic E-state index is 5.40. The molecule has 4 nitrogen and oxygen atoms in total. The Labute approximate surface area is 116 Å². The molecule has 108 valence electrons. The number of rotatable bonds is 5. The lowest BCUT2D eigenvalue weighted by Gasteiger charge is -2.36. The van der Waals surface area contributed by atoms with Crippen LogP contribution in [0.5, 0.6) is 0 Å². The van der Waals surface area contributed by atoms with Crippen LogP contribution in [0.3, 0.4) is 0 Å². The lowest BCUT2D eigenvalue weighted by Crippen LogP contribution is -2.40. The number of methoxy groups -OCH3 is 1. The van der Waals surface area contributed by atoms with Crippen molar-refractivity contribution in [2.75, 3.05) is 26.8 Å². The van der Waals surface area contributed by atoms with E-state index in [1.165, 1.54) is 18.5 Å². The molecule has 1 aromatic heterocycles. The highest BCUT2D eigenvalue weighted by atomic mass is 16.5. The second-order valence-corrected chi connectivity index (χ2v) is 6.26. The zero-order chi connectivity index (χ0) is 13.9. The summed E-state index contributed by atoms with van der Waals surface area (Å²) in [7, 11) is 1.78. The van der Waals surface area contributed by atoms with E-state index in [1.54, 1.807) is 7.11 Å². The summed E-state index contributed by atoms with van der Waals surface area (Å²) >= 11 is 0. The van der Waals surface area contributed by atoms with Crippen molar-refractivity contribution in [2.24, 2.45) is 5.92 Å². The fraction of sp³-hybridized carbons (Fsp3) is 0.800. The third kappa shape index (κ3) is 3.00. The smallest absolute Gasteiger partial charge is 0.0951 e. The number of nitrogens with one attached hydrogen (secondary N) is 1. The summed E-state index contributed by atoms with van der Waals surface area (Å²) in [6.07, 6.45) is 6.38. The molecule has 1 aromatic rings. The Bertz CT molecular complexity index is 394. The van der Waals surface area contributed by atoms with E-state index in [0.29, 0.717) is 12.0 Å². The van der Waals surface area contributed by atoms with Gasteiger partial charge in [-0.05, 0) is 31.8 Å². The first-order chi connectivity index (χ1) is 9.08. The van der Waals surface area contributed by atoms with Crippen LogP contribution in [-0.4, -0.2) is 36.4 Å². The number of hydrogen-bond acceptors (Lipinski definition) is 3. The number of ether oxygens (including phenoxy) is 1. The minimum atomic E-state index is 0.239. The molecular weight excluding hydrogens is 238 g/mol. The Morgan fingerprint density at radius 1 is 1.42 bits per heavy atom. The minimum absolute atomic E-state index is 0.239. The summed E-state index contributed by atoms with van der Waals surface area (Å²) in [5.74, 6) is 0.540. The SMILES string of the molecule is COCC(C(C)C)n1cncc1C1(C)CCNCC1. The predicted octanol–water partition coefficient (Wildman–Crippen LogP) is 2.37. The fourth-order valence-corrected chi connectivity index (χ4v) is 3.04. The summed E-state index contributed by atoms with van der Waals surface area (Å²) in [5, 5.41) is 3.44. The zero-order valence-electron chi connectivity index (χ0n) is 12.6. The molecule has 4 heteroatoms. The summed E-state index contributed by atoms with van der Waals surface area (Å²) in [5.41, 5.74) is 1.60. The Hall–Kier alpha value is -0.870. The van der Waals surface area contributed by atoms with Gasteiger partial charge in [0.1, 0.15) is 0 Å². The normalized spacial score (nSPS) is 20.7. The summed E-state index contributed by atoms with van der Waals surface area (Å²) in [4.78, 5) is 4.42. The van der Waals surface area contributed by atoms with Crippen LogP contribution >= 0.6 is 0 Å². The van der Waals surface area contributed by atoms with Gasteiger partial charge in [-0.15, -0.1) is 0 Å². The van der Waals surface area contributed by atoms with Crippen molar-refractivity contribution in [2.45, 2.75) is 45.1 Å². The zero-order valence-corrected chi connectivity index (χ0v) is 12.6. The lowest BCUT2D eigenvalue weighted by molar-refractivity contribution is 0.128. The molecule has 0 aliphatic carbocycles. The van der Waals surface area contributed by atoms with Gasteiger partial charge in [0.15, 0.2) is 0 Å². The second-order valence-electron chi connectivity index (χ2n) is 6.26. The molecule has 1 fully saturated rings. The number of aromatic nitrogens is 2. The van der Waals surface area contributed by atoms with Gasteiger partial charge in [0, 0.05) is 24.4 Å². The molecule has 0 spiro atoms. The highest BCUT2D eigenvalue weighted by molar-refractivity contribution is 5.16. The molecule has 1 aliphatic heterocycles. The number of piperidine rings is 1. The topological polar surface area (TPSA) is 39.1 Å². The Morgan fingerprint density at radius 3 is 2.68 bits per heavy atom. The molecule has 2 rings (SSSR count). The molecule has 0 bridgehead atoms. The monoisotopic (exact) mass is 265 g/mol. The lowest BCUT2D eigenvalue weighted by atomic mass is 9.78. The second kappa shape index (κ2) is 6.06. The number of imidazole rings is 1. The van der Waals surface area contributed by atoms with Crippen molar-refractivity contribution in [1.29, 1.82) is 0 Å². The van der Waals surface area contributed by atoms with E-state index < -0.39 is 0 Å². The molecule has 1 unspecified atom stereocenters. The molecule has 1 saturated heterocycles. The molecule has 19 heavy (non-hydrogen) atoms. The number of hydrogen-bond donors (Lipinski definition) is 1.